The molecule has 7 nitrogen and oxygen atoms in total. The Morgan fingerprint density at radius 2 is 1.87 bits per heavy atom. The molecule has 31 heavy (non-hydrogen) atoms. The van der Waals surface area contributed by atoms with Gasteiger partial charge in [-0.1, -0.05) is 23.7 Å². The number of anilines is 1. The van der Waals surface area contributed by atoms with Crippen LogP contribution in [-0.2, 0) is 10.2 Å². The molecule has 0 unspecified atom stereocenters. The predicted molar refractivity (Wildman–Crippen MR) is 123 cm³/mol. The van der Waals surface area contributed by atoms with Crippen LogP contribution >= 0.6 is 11.6 Å². The molecule has 0 radical (unpaired) electrons. The van der Waals surface area contributed by atoms with E-state index >= 15 is 0 Å². The normalized spacial score (nSPS) is 24.3. The molecular weight excluding hydrogens is 414 g/mol. The number of amides is 1. The zero-order valence-corrected chi connectivity index (χ0v) is 18.7. The number of hydrogen-bond acceptors (Lipinski definition) is 5. The third kappa shape index (κ3) is 4.48. The van der Waals surface area contributed by atoms with Crippen molar-refractivity contribution >= 4 is 23.3 Å². The van der Waals surface area contributed by atoms with Crippen molar-refractivity contribution in [2.45, 2.75) is 44.1 Å². The van der Waals surface area contributed by atoms with Gasteiger partial charge in [-0.2, -0.15) is 5.10 Å². The minimum Gasteiger partial charge on any atom is -0.352 e. The van der Waals surface area contributed by atoms with Crippen molar-refractivity contribution in [3.63, 3.8) is 0 Å². The standard InChI is InChI=1S/C23H30ClN5O2/c1-17(30)27-11-13-28(14-12-27)21-5-6-22(31)29(26-21)20-7-9-23(16-25,10-8-20)18-3-2-4-19(24)15-18/h2-6,15,20H,7-14,16,25H2,1H3/t20-,23-. The number of nitrogens with two attached hydrogens (primary N) is 1. The van der Waals surface area contributed by atoms with Gasteiger partial charge in [-0.05, 0) is 49.4 Å². The van der Waals surface area contributed by atoms with Crippen molar-refractivity contribution < 1.29 is 4.79 Å². The summed E-state index contributed by atoms with van der Waals surface area (Å²) in [6.07, 6.45) is 3.48. The zero-order chi connectivity index (χ0) is 22.0. The second-order valence-electron chi connectivity index (χ2n) is 8.69. The topological polar surface area (TPSA) is 84.5 Å². The fourth-order valence-corrected chi connectivity index (χ4v) is 5.11. The lowest BCUT2D eigenvalue weighted by molar-refractivity contribution is -0.129. The van der Waals surface area contributed by atoms with Crippen LogP contribution in [0.2, 0.25) is 5.02 Å². The van der Waals surface area contributed by atoms with E-state index in [1.807, 2.05) is 23.1 Å². The average Bonchev–Trinajstić information content (AvgIpc) is 2.79. The summed E-state index contributed by atoms with van der Waals surface area (Å²) in [6.45, 7) is 4.96. The number of nitrogens with zero attached hydrogens (tertiary/aromatic N) is 4. The van der Waals surface area contributed by atoms with Crippen LogP contribution in [0.4, 0.5) is 5.82 Å². The summed E-state index contributed by atoms with van der Waals surface area (Å²) in [6, 6.07) is 11.4. The Labute approximate surface area is 187 Å². The van der Waals surface area contributed by atoms with Crippen LogP contribution < -0.4 is 16.2 Å². The van der Waals surface area contributed by atoms with Gasteiger partial charge < -0.3 is 15.5 Å². The van der Waals surface area contributed by atoms with Crippen molar-refractivity contribution in [2.24, 2.45) is 5.73 Å². The second-order valence-corrected chi connectivity index (χ2v) is 9.13. The Balaban J connectivity index is 1.49. The molecule has 0 atom stereocenters. The molecule has 1 aliphatic heterocycles. The molecule has 1 aromatic carbocycles. The molecule has 8 heteroatoms. The van der Waals surface area contributed by atoms with E-state index in [4.69, 9.17) is 22.4 Å². The number of carbonyl (C=O) groups excluding carboxylic acids is 1. The Bertz CT molecular complexity index is 991. The molecule has 1 aliphatic carbocycles. The maximum atomic E-state index is 12.6. The van der Waals surface area contributed by atoms with E-state index < -0.39 is 0 Å². The number of benzene rings is 1. The lowest BCUT2D eigenvalue weighted by Gasteiger charge is -2.40. The van der Waals surface area contributed by atoms with Crippen molar-refractivity contribution in [3.8, 4) is 0 Å². The maximum absolute atomic E-state index is 12.6. The Morgan fingerprint density at radius 3 is 2.48 bits per heavy atom. The van der Waals surface area contributed by atoms with Crippen LogP contribution in [0.25, 0.3) is 0 Å². The van der Waals surface area contributed by atoms with Gasteiger partial charge in [-0.3, -0.25) is 9.59 Å². The zero-order valence-electron chi connectivity index (χ0n) is 18.0. The number of rotatable bonds is 4. The number of hydrogen-bond donors (Lipinski definition) is 1. The highest BCUT2D eigenvalue weighted by Crippen LogP contribution is 2.42. The van der Waals surface area contributed by atoms with Gasteiger partial charge >= 0.3 is 0 Å². The van der Waals surface area contributed by atoms with Crippen LogP contribution in [-0.4, -0.2) is 53.3 Å². The summed E-state index contributed by atoms with van der Waals surface area (Å²) >= 11 is 6.22. The summed E-state index contributed by atoms with van der Waals surface area (Å²) in [5, 5.41) is 5.45. The largest absolute Gasteiger partial charge is 0.352 e. The number of piperazine rings is 1. The van der Waals surface area contributed by atoms with Gasteiger partial charge in [-0.25, -0.2) is 4.68 Å². The minimum atomic E-state index is -0.106. The van der Waals surface area contributed by atoms with Gasteiger partial charge in [0.25, 0.3) is 5.56 Å². The van der Waals surface area contributed by atoms with Gasteiger partial charge in [0.2, 0.25) is 5.91 Å². The van der Waals surface area contributed by atoms with Crippen molar-refractivity contribution in [3.05, 3.63) is 57.3 Å². The monoisotopic (exact) mass is 443 g/mol. The Kier molecular flexibility index (Phi) is 6.34. The second kappa shape index (κ2) is 9.01. The first kappa shape index (κ1) is 21.8. The molecular formula is C23H30ClN5O2. The molecule has 2 aliphatic rings. The Hall–Kier alpha value is -2.38. The third-order valence-electron chi connectivity index (χ3n) is 6.95. The lowest BCUT2D eigenvalue weighted by atomic mass is 9.68. The first-order valence-electron chi connectivity index (χ1n) is 11.0. The molecule has 2 aromatic rings. The number of halogens is 1. The van der Waals surface area contributed by atoms with Crippen molar-refractivity contribution in [1.29, 1.82) is 0 Å². The highest BCUT2D eigenvalue weighted by molar-refractivity contribution is 6.30. The van der Waals surface area contributed by atoms with Crippen LogP contribution in [0, 0.1) is 0 Å². The lowest BCUT2D eigenvalue weighted by Crippen LogP contribution is -2.48. The molecule has 0 spiro atoms. The maximum Gasteiger partial charge on any atom is 0.267 e. The third-order valence-corrected chi connectivity index (χ3v) is 7.18. The van der Waals surface area contributed by atoms with Gasteiger partial charge in [0.1, 0.15) is 5.82 Å². The molecule has 1 saturated heterocycles. The van der Waals surface area contributed by atoms with Crippen LogP contribution in [0.15, 0.2) is 41.2 Å². The Morgan fingerprint density at radius 1 is 1.16 bits per heavy atom. The molecule has 2 heterocycles. The first-order chi connectivity index (χ1) is 14.9. The van der Waals surface area contributed by atoms with Gasteiger partial charge in [0.15, 0.2) is 0 Å². The van der Waals surface area contributed by atoms with Gasteiger partial charge in [-0.15, -0.1) is 0 Å². The summed E-state index contributed by atoms with van der Waals surface area (Å²) in [7, 11) is 0. The molecule has 2 N–H and O–H groups in total. The van der Waals surface area contributed by atoms with Crippen LogP contribution in [0.1, 0.15) is 44.2 Å². The quantitative estimate of drug-likeness (QED) is 0.785. The van der Waals surface area contributed by atoms with E-state index in [0.29, 0.717) is 19.6 Å². The molecule has 1 amide bonds. The van der Waals surface area contributed by atoms with Crippen LogP contribution in [0.3, 0.4) is 0 Å². The van der Waals surface area contributed by atoms with Crippen LogP contribution in [0.5, 0.6) is 0 Å². The van der Waals surface area contributed by atoms with Gasteiger partial charge in [0.05, 0.1) is 6.04 Å². The summed E-state index contributed by atoms with van der Waals surface area (Å²) in [4.78, 5) is 28.2. The predicted octanol–water partition coefficient (Wildman–Crippen LogP) is 2.58. The highest BCUT2D eigenvalue weighted by Gasteiger charge is 2.37. The van der Waals surface area contributed by atoms with E-state index in [9.17, 15) is 9.59 Å². The minimum absolute atomic E-state index is 0.0600. The summed E-state index contributed by atoms with van der Waals surface area (Å²) in [5.41, 5.74) is 7.23. The first-order valence-corrected chi connectivity index (χ1v) is 11.4. The molecule has 4 rings (SSSR count). The van der Waals surface area contributed by atoms with Crippen molar-refractivity contribution in [1.82, 2.24) is 14.7 Å². The molecule has 166 valence electrons. The molecule has 1 saturated carbocycles. The van der Waals surface area contributed by atoms with E-state index in [-0.39, 0.29) is 22.9 Å². The fourth-order valence-electron chi connectivity index (χ4n) is 4.92. The number of carbonyl (C=O) groups is 1. The van der Waals surface area contributed by atoms with Gasteiger partial charge in [0, 0.05) is 56.2 Å². The summed E-state index contributed by atoms with van der Waals surface area (Å²) in [5.74, 6) is 0.899. The molecule has 0 bridgehead atoms. The summed E-state index contributed by atoms with van der Waals surface area (Å²) < 4.78 is 1.66. The van der Waals surface area contributed by atoms with E-state index in [0.717, 1.165) is 49.6 Å². The van der Waals surface area contributed by atoms with E-state index in [1.54, 1.807) is 23.7 Å². The number of aromatic nitrogens is 2. The highest BCUT2D eigenvalue weighted by atomic mass is 35.5. The smallest absolute Gasteiger partial charge is 0.267 e. The SMILES string of the molecule is CC(=O)N1CCN(c2ccc(=O)n([C@H]3CC[C@](CN)(c4cccc(Cl)c4)CC3)n2)CC1. The van der Waals surface area contributed by atoms with E-state index in [1.165, 1.54) is 5.56 Å². The fraction of sp³-hybridized carbons (Fsp3) is 0.522. The molecule has 2 fully saturated rings. The average molecular weight is 444 g/mol. The van der Waals surface area contributed by atoms with Crippen molar-refractivity contribution in [2.75, 3.05) is 37.6 Å². The van der Waals surface area contributed by atoms with E-state index in [2.05, 4.69) is 11.0 Å². The molecule has 1 aromatic heterocycles.